The molecule has 0 bridgehead atoms. The van der Waals surface area contributed by atoms with Crippen LogP contribution in [0.25, 0.3) is 10.8 Å². The van der Waals surface area contributed by atoms with E-state index < -0.39 is 0 Å². The third-order valence-electron chi connectivity index (χ3n) is 2.57. The van der Waals surface area contributed by atoms with Gasteiger partial charge in [-0.05, 0) is 36.1 Å². The molecule has 2 aromatic carbocycles. The number of fused-ring (bicyclic) bond motifs is 1. The maximum Gasteiger partial charge on any atom is 0.146 e. The molecule has 0 aliphatic heterocycles. The predicted molar refractivity (Wildman–Crippen MR) is 86.3 cm³/mol. The van der Waals surface area contributed by atoms with Gasteiger partial charge in [0.1, 0.15) is 5.82 Å². The Hall–Kier alpha value is -1.58. The molecule has 2 aromatic rings. The van der Waals surface area contributed by atoms with E-state index >= 15 is 0 Å². The maximum atomic E-state index is 13.8. The Bertz CT molecular complexity index is 641. The third kappa shape index (κ3) is 3.25. The first-order valence-corrected chi connectivity index (χ1v) is 6.78. The summed E-state index contributed by atoms with van der Waals surface area (Å²) < 4.78 is 13.8. The molecule has 0 spiro atoms. The highest BCUT2D eigenvalue weighted by molar-refractivity contribution is 7.27. The smallest absolute Gasteiger partial charge is 0.146 e. The quantitative estimate of drug-likeness (QED) is 0.442. The summed E-state index contributed by atoms with van der Waals surface area (Å²) in [6, 6.07) is 5.33. The molecule has 0 fully saturated rings. The highest BCUT2D eigenvalue weighted by atomic mass is 31.0. The van der Waals surface area contributed by atoms with Gasteiger partial charge in [0.15, 0.2) is 0 Å². The van der Waals surface area contributed by atoms with Crippen LogP contribution in [0.4, 0.5) is 10.1 Å². The minimum atomic E-state index is -0.354. The molecule has 0 aliphatic rings. The van der Waals surface area contributed by atoms with Crippen molar-refractivity contribution in [3.8, 4) is 12.3 Å². The lowest BCUT2D eigenvalue weighted by Crippen LogP contribution is -2.04. The van der Waals surface area contributed by atoms with E-state index in [1.54, 1.807) is 18.2 Å². The van der Waals surface area contributed by atoms with Gasteiger partial charge in [-0.3, -0.25) is 0 Å². The van der Waals surface area contributed by atoms with E-state index in [1.807, 2.05) is 6.92 Å². The van der Waals surface area contributed by atoms with Crippen LogP contribution in [0.15, 0.2) is 18.2 Å². The standard InChI is InChI=1S/C13H11FNP.C3H8/c1-3-10-12-7(2)4-9(15)5-8(12)6-11(16)13(10)14;1-3-2/h1,4-6H,15-16H2,2H3;3H2,1-2H3. The second-order valence-electron chi connectivity index (χ2n) is 4.44. The van der Waals surface area contributed by atoms with Crippen molar-refractivity contribution in [1.29, 1.82) is 0 Å². The van der Waals surface area contributed by atoms with Gasteiger partial charge in [0.25, 0.3) is 0 Å². The van der Waals surface area contributed by atoms with Crippen molar-refractivity contribution in [2.45, 2.75) is 27.2 Å². The zero-order valence-electron chi connectivity index (χ0n) is 11.5. The monoisotopic (exact) mass is 275 g/mol. The zero-order chi connectivity index (χ0) is 14.6. The number of rotatable bonds is 0. The summed E-state index contributed by atoms with van der Waals surface area (Å²) in [5, 5.41) is 2.10. The lowest BCUT2D eigenvalue weighted by atomic mass is 9.99. The third-order valence-corrected chi connectivity index (χ3v) is 2.99. The minimum Gasteiger partial charge on any atom is -0.399 e. The second-order valence-corrected chi connectivity index (χ2v) is 5.06. The van der Waals surface area contributed by atoms with E-state index in [0.29, 0.717) is 16.6 Å². The first-order valence-electron chi connectivity index (χ1n) is 6.20. The van der Waals surface area contributed by atoms with E-state index in [9.17, 15) is 4.39 Å². The van der Waals surface area contributed by atoms with Crippen LogP contribution in [0.3, 0.4) is 0 Å². The summed E-state index contributed by atoms with van der Waals surface area (Å²) in [6.07, 6.45) is 6.61. The SMILES string of the molecule is C#Cc1c(F)c(P)cc2cc(N)cc(C)c12.CCC. The summed E-state index contributed by atoms with van der Waals surface area (Å²) in [7, 11) is 2.34. The lowest BCUT2D eigenvalue weighted by Gasteiger charge is -2.09. The van der Waals surface area contributed by atoms with Crippen molar-refractivity contribution in [2.75, 3.05) is 5.73 Å². The topological polar surface area (TPSA) is 26.0 Å². The molecular formula is C16H19FNP. The number of terminal acetylenes is 1. The molecule has 0 saturated carbocycles. The number of anilines is 1. The van der Waals surface area contributed by atoms with E-state index in [-0.39, 0.29) is 5.82 Å². The molecule has 0 aromatic heterocycles. The van der Waals surface area contributed by atoms with Crippen LogP contribution >= 0.6 is 9.24 Å². The molecule has 1 unspecified atom stereocenters. The average Bonchev–Trinajstić information content (AvgIpc) is 2.32. The summed E-state index contributed by atoms with van der Waals surface area (Å²) in [5.41, 5.74) is 7.61. The van der Waals surface area contributed by atoms with Crippen LogP contribution in [0.1, 0.15) is 31.4 Å². The lowest BCUT2D eigenvalue weighted by molar-refractivity contribution is 0.635. The largest absolute Gasteiger partial charge is 0.399 e. The summed E-state index contributed by atoms with van der Waals surface area (Å²) in [5.74, 6) is 2.06. The van der Waals surface area contributed by atoms with Gasteiger partial charge in [-0.2, -0.15) is 0 Å². The molecular weight excluding hydrogens is 256 g/mol. The normalized spacial score (nSPS) is 9.68. The molecule has 3 heteroatoms. The van der Waals surface area contributed by atoms with Gasteiger partial charge in [-0.25, -0.2) is 4.39 Å². The van der Waals surface area contributed by atoms with E-state index in [2.05, 4.69) is 29.0 Å². The molecule has 0 radical (unpaired) electrons. The van der Waals surface area contributed by atoms with Gasteiger partial charge in [-0.1, -0.05) is 26.2 Å². The number of hydrogen-bond donors (Lipinski definition) is 1. The molecule has 0 saturated heterocycles. The predicted octanol–water partition coefficient (Wildman–Crippen LogP) is 3.77. The molecule has 19 heavy (non-hydrogen) atoms. The molecule has 0 amide bonds. The van der Waals surface area contributed by atoms with E-state index in [4.69, 9.17) is 12.2 Å². The van der Waals surface area contributed by atoms with Crippen molar-refractivity contribution in [1.82, 2.24) is 0 Å². The van der Waals surface area contributed by atoms with Gasteiger partial charge in [-0.15, -0.1) is 15.7 Å². The Morgan fingerprint density at radius 3 is 2.42 bits per heavy atom. The maximum absolute atomic E-state index is 13.8. The Labute approximate surface area is 116 Å². The number of nitrogens with two attached hydrogens (primary N) is 1. The summed E-state index contributed by atoms with van der Waals surface area (Å²) in [6.45, 7) is 6.13. The van der Waals surface area contributed by atoms with Crippen LogP contribution < -0.4 is 11.0 Å². The molecule has 100 valence electrons. The Balaban J connectivity index is 0.000000550. The first kappa shape index (κ1) is 15.5. The van der Waals surface area contributed by atoms with Crippen LogP contribution in [-0.2, 0) is 0 Å². The van der Waals surface area contributed by atoms with Crippen molar-refractivity contribution in [2.24, 2.45) is 0 Å². The van der Waals surface area contributed by atoms with Gasteiger partial charge >= 0.3 is 0 Å². The Morgan fingerprint density at radius 1 is 1.32 bits per heavy atom. The van der Waals surface area contributed by atoms with Gasteiger partial charge in [0, 0.05) is 16.4 Å². The van der Waals surface area contributed by atoms with E-state index in [0.717, 1.165) is 16.3 Å². The molecule has 2 N–H and O–H groups in total. The van der Waals surface area contributed by atoms with Crippen LogP contribution in [0.5, 0.6) is 0 Å². The number of nitrogen functional groups attached to an aromatic ring is 1. The second kappa shape index (κ2) is 6.55. The van der Waals surface area contributed by atoms with Crippen LogP contribution in [0.2, 0.25) is 0 Å². The van der Waals surface area contributed by atoms with Crippen LogP contribution in [0, 0.1) is 25.1 Å². The summed E-state index contributed by atoms with van der Waals surface area (Å²) in [4.78, 5) is 0. The van der Waals surface area contributed by atoms with Crippen LogP contribution in [-0.4, -0.2) is 0 Å². The van der Waals surface area contributed by atoms with Gasteiger partial charge in [0.05, 0.1) is 5.56 Å². The fraction of sp³-hybridized carbons (Fsp3) is 0.250. The van der Waals surface area contributed by atoms with E-state index in [1.165, 1.54) is 6.42 Å². The highest BCUT2D eigenvalue weighted by Crippen LogP contribution is 2.26. The first-order chi connectivity index (χ1) is 8.96. The highest BCUT2D eigenvalue weighted by Gasteiger charge is 2.11. The van der Waals surface area contributed by atoms with Crippen molar-refractivity contribution >= 4 is 31.0 Å². The Morgan fingerprint density at radius 2 is 1.89 bits per heavy atom. The summed E-state index contributed by atoms with van der Waals surface area (Å²) >= 11 is 0. The Kier molecular flexibility index (Phi) is 5.33. The fourth-order valence-corrected chi connectivity index (χ4v) is 2.24. The molecule has 0 heterocycles. The molecule has 1 atom stereocenters. The number of hydrogen-bond acceptors (Lipinski definition) is 1. The zero-order valence-corrected chi connectivity index (χ0v) is 12.7. The van der Waals surface area contributed by atoms with Gasteiger partial charge in [0.2, 0.25) is 0 Å². The number of aryl methyl sites for hydroxylation is 1. The molecule has 0 aliphatic carbocycles. The molecule has 2 rings (SSSR count). The fourth-order valence-electron chi connectivity index (χ4n) is 1.92. The average molecular weight is 275 g/mol. The number of halogens is 1. The minimum absolute atomic E-state index is 0.306. The van der Waals surface area contributed by atoms with Crippen molar-refractivity contribution < 1.29 is 4.39 Å². The molecule has 1 nitrogen and oxygen atoms in total. The van der Waals surface area contributed by atoms with Crippen molar-refractivity contribution in [3.05, 3.63) is 35.1 Å². The van der Waals surface area contributed by atoms with Gasteiger partial charge < -0.3 is 5.73 Å². The van der Waals surface area contributed by atoms with Crippen molar-refractivity contribution in [3.63, 3.8) is 0 Å². The number of benzene rings is 2.